The minimum Gasteiger partial charge on any atom is -1.00 e. The Hall–Kier alpha value is -2.42. The van der Waals surface area contributed by atoms with Gasteiger partial charge in [-0.05, 0) is 36.4 Å². The van der Waals surface area contributed by atoms with Crippen LogP contribution in [0.1, 0.15) is 5.56 Å². The third-order valence-corrected chi connectivity index (χ3v) is 11.6. The first kappa shape index (κ1) is 23.7. The van der Waals surface area contributed by atoms with Crippen molar-refractivity contribution in [2.45, 2.75) is 5.72 Å². The van der Waals surface area contributed by atoms with Gasteiger partial charge in [0.15, 0.2) is 0 Å². The van der Waals surface area contributed by atoms with E-state index >= 15 is 0 Å². The van der Waals surface area contributed by atoms with Crippen molar-refractivity contribution < 1.29 is 17.5 Å². The number of hydrogen-bond acceptors (Lipinski definition) is 3. The highest BCUT2D eigenvalue weighted by Crippen LogP contribution is 2.58. The molecule has 0 bridgehead atoms. The smallest absolute Gasteiger partial charge is 0.201 e. The van der Waals surface area contributed by atoms with Crippen molar-refractivity contribution in [2.24, 2.45) is 4.99 Å². The maximum absolute atomic E-state index is 11.9. The minimum atomic E-state index is -2.16. The maximum atomic E-state index is 11.9. The quantitative estimate of drug-likeness (QED) is 0.419. The van der Waals surface area contributed by atoms with Crippen LogP contribution in [0.25, 0.3) is 0 Å². The van der Waals surface area contributed by atoms with Crippen molar-refractivity contribution in [1.82, 2.24) is 0 Å². The number of thioether (sulfide) groups is 1. The molecule has 1 aliphatic heterocycles. The van der Waals surface area contributed by atoms with Crippen LogP contribution in [0.4, 0.5) is 0 Å². The molecule has 0 radical (unpaired) electrons. The van der Waals surface area contributed by atoms with Crippen molar-refractivity contribution in [2.75, 3.05) is 11.9 Å². The van der Waals surface area contributed by atoms with Crippen LogP contribution in [0.3, 0.4) is 0 Å². The van der Waals surface area contributed by atoms with Crippen molar-refractivity contribution >= 4 is 40.0 Å². The van der Waals surface area contributed by atoms with E-state index in [1.54, 1.807) is 11.8 Å². The molecule has 33 heavy (non-hydrogen) atoms. The van der Waals surface area contributed by atoms with Crippen LogP contribution < -0.4 is 28.3 Å². The van der Waals surface area contributed by atoms with Crippen molar-refractivity contribution in [3.8, 4) is 0 Å². The summed E-state index contributed by atoms with van der Waals surface area (Å²) in [5.74, 6) is 0.561. The molecule has 0 aromatic heterocycles. The summed E-state index contributed by atoms with van der Waals surface area (Å²) in [6.07, 6.45) is 0.571. The molecule has 5 rings (SSSR count). The molecule has 0 fully saturated rings. The van der Waals surface area contributed by atoms with Gasteiger partial charge in [-0.1, -0.05) is 84.9 Å². The Labute approximate surface area is 206 Å². The molecule has 5 heteroatoms. The van der Waals surface area contributed by atoms with E-state index < -0.39 is 13.0 Å². The maximum Gasteiger partial charge on any atom is 0.201 e. The summed E-state index contributed by atoms with van der Waals surface area (Å²) in [7, 11) is -2.16. The van der Waals surface area contributed by atoms with E-state index in [-0.39, 0.29) is 12.4 Å². The number of aliphatic hydroxyl groups is 1. The Morgan fingerprint density at radius 1 is 0.667 bits per heavy atom. The van der Waals surface area contributed by atoms with Gasteiger partial charge in [-0.15, -0.1) is 11.8 Å². The minimum absolute atomic E-state index is 0. The molecule has 0 aliphatic carbocycles. The van der Waals surface area contributed by atoms with Gasteiger partial charge in [0, 0.05) is 5.56 Å². The Balaban J connectivity index is 0.00000259. The first-order chi connectivity index (χ1) is 15.7. The lowest BCUT2D eigenvalue weighted by Gasteiger charge is -2.32. The molecule has 1 atom stereocenters. The first-order valence-electron chi connectivity index (χ1n) is 10.8. The number of benzene rings is 4. The fraction of sp³-hybridized carbons (Fsp3) is 0.107. The summed E-state index contributed by atoms with van der Waals surface area (Å²) >= 11 is 1.65. The molecule has 4 aromatic carbocycles. The predicted molar refractivity (Wildman–Crippen MR) is 140 cm³/mol. The SMILES string of the molecule is OC1(C[P+](c2ccccc2)(c2ccccc2)c2ccccc2)CSC(c2ccccc2)=N1.[Cl-]. The standard InChI is InChI=1S/C28H25NOPS.ClH/c30-28(22-32-27(29-28)23-13-5-1-6-14-23)21-31(24-15-7-2-8-16-24,25-17-9-3-10-18-25)26-19-11-4-12-20-26;/h1-20,30H,21-22H2;1H/q+1;/p-1. The van der Waals surface area contributed by atoms with Gasteiger partial charge in [0.1, 0.15) is 34.4 Å². The van der Waals surface area contributed by atoms with E-state index in [1.165, 1.54) is 15.9 Å². The molecule has 0 amide bonds. The topological polar surface area (TPSA) is 32.6 Å². The highest BCUT2D eigenvalue weighted by molar-refractivity contribution is 8.14. The Morgan fingerprint density at radius 2 is 1.06 bits per heavy atom. The summed E-state index contributed by atoms with van der Waals surface area (Å²) in [6.45, 7) is 0. The lowest BCUT2D eigenvalue weighted by Crippen LogP contribution is -3.00. The molecule has 1 unspecified atom stereocenters. The van der Waals surface area contributed by atoms with Gasteiger partial charge in [0.25, 0.3) is 0 Å². The van der Waals surface area contributed by atoms with Crippen LogP contribution in [0.2, 0.25) is 0 Å². The predicted octanol–water partition coefficient (Wildman–Crippen LogP) is 1.87. The lowest BCUT2D eigenvalue weighted by molar-refractivity contribution is -0.0000121. The van der Waals surface area contributed by atoms with Gasteiger partial charge < -0.3 is 17.5 Å². The van der Waals surface area contributed by atoms with Crippen LogP contribution in [-0.4, -0.2) is 27.8 Å². The van der Waals surface area contributed by atoms with Gasteiger partial charge in [-0.3, -0.25) is 0 Å². The lowest BCUT2D eigenvalue weighted by atomic mass is 10.2. The second-order valence-electron chi connectivity index (χ2n) is 8.03. The van der Waals surface area contributed by atoms with Gasteiger partial charge in [0.05, 0.1) is 5.75 Å². The van der Waals surface area contributed by atoms with E-state index in [9.17, 15) is 5.11 Å². The number of rotatable bonds is 6. The van der Waals surface area contributed by atoms with Crippen molar-refractivity contribution in [3.63, 3.8) is 0 Å². The van der Waals surface area contributed by atoms with Gasteiger partial charge in [-0.25, -0.2) is 4.99 Å². The molecule has 4 aromatic rings. The van der Waals surface area contributed by atoms with E-state index in [0.717, 1.165) is 10.6 Å². The summed E-state index contributed by atoms with van der Waals surface area (Å²) in [6, 6.07) is 42.2. The molecule has 0 saturated heterocycles. The Kier molecular flexibility index (Phi) is 7.36. The van der Waals surface area contributed by atoms with Crippen LogP contribution >= 0.6 is 19.0 Å². The Morgan fingerprint density at radius 3 is 1.48 bits per heavy atom. The highest BCUT2D eigenvalue weighted by Gasteiger charge is 2.53. The molecule has 0 spiro atoms. The number of halogens is 1. The fourth-order valence-electron chi connectivity index (χ4n) is 4.40. The first-order valence-corrected chi connectivity index (χ1v) is 13.7. The van der Waals surface area contributed by atoms with Crippen molar-refractivity contribution in [1.29, 1.82) is 0 Å². The van der Waals surface area contributed by atoms with Crippen LogP contribution in [0.5, 0.6) is 0 Å². The monoisotopic (exact) mass is 489 g/mol. The van der Waals surface area contributed by atoms with E-state index in [0.29, 0.717) is 11.9 Å². The zero-order chi connectivity index (χ0) is 21.9. The average Bonchev–Trinajstić information content (AvgIpc) is 3.26. The molecule has 166 valence electrons. The van der Waals surface area contributed by atoms with Gasteiger partial charge in [-0.2, -0.15) is 0 Å². The molecule has 1 aliphatic rings. The summed E-state index contributed by atoms with van der Waals surface area (Å²) < 4.78 is 0. The van der Waals surface area contributed by atoms with E-state index in [4.69, 9.17) is 4.99 Å². The largest absolute Gasteiger partial charge is 1.00 e. The van der Waals surface area contributed by atoms with Crippen LogP contribution in [0, 0.1) is 0 Å². The molecule has 1 heterocycles. The van der Waals surface area contributed by atoms with Crippen LogP contribution in [0.15, 0.2) is 126 Å². The summed E-state index contributed by atoms with van der Waals surface area (Å²) in [5, 5.41) is 16.6. The molecule has 2 nitrogen and oxygen atoms in total. The second kappa shape index (κ2) is 10.2. The van der Waals surface area contributed by atoms with Crippen LogP contribution in [-0.2, 0) is 0 Å². The zero-order valence-corrected chi connectivity index (χ0v) is 20.6. The van der Waals surface area contributed by atoms with Gasteiger partial charge in [0.2, 0.25) is 5.72 Å². The number of aliphatic imine (C=N–C) groups is 1. The number of nitrogens with zero attached hydrogens (tertiary/aromatic N) is 1. The summed E-state index contributed by atoms with van der Waals surface area (Å²) in [5.41, 5.74) is -0.0676. The van der Waals surface area contributed by atoms with Crippen molar-refractivity contribution in [3.05, 3.63) is 127 Å². The average molecular weight is 490 g/mol. The molecular weight excluding hydrogens is 465 g/mol. The van der Waals surface area contributed by atoms with Gasteiger partial charge >= 0.3 is 0 Å². The molecule has 1 N–H and O–H groups in total. The third-order valence-electron chi connectivity index (χ3n) is 5.85. The second-order valence-corrected chi connectivity index (χ2v) is 12.5. The van der Waals surface area contributed by atoms with E-state index in [1.807, 2.05) is 18.2 Å². The number of hydrogen-bond donors (Lipinski definition) is 1. The zero-order valence-electron chi connectivity index (χ0n) is 18.1. The fourth-order valence-corrected chi connectivity index (χ4v) is 10.0. The highest BCUT2D eigenvalue weighted by atomic mass is 35.5. The Bertz CT molecular complexity index is 1110. The summed E-state index contributed by atoms with van der Waals surface area (Å²) in [4.78, 5) is 4.91. The normalized spacial score (nSPS) is 17.8. The third kappa shape index (κ3) is 4.78. The van der Waals surface area contributed by atoms with E-state index in [2.05, 4.69) is 103 Å². The molecule has 0 saturated carbocycles. The molecular formula is C28H25ClNOPS.